The summed E-state index contributed by atoms with van der Waals surface area (Å²) in [5, 5.41) is 11.3. The lowest BCUT2D eigenvalue weighted by atomic mass is 10.4. The molecule has 1 fully saturated rings. The van der Waals surface area contributed by atoms with Crippen LogP contribution in [-0.2, 0) is 13.1 Å². The van der Waals surface area contributed by atoms with Gasteiger partial charge >= 0.3 is 6.18 Å². The van der Waals surface area contributed by atoms with E-state index in [0.29, 0.717) is 32.2 Å². The molecule has 1 N–H and O–H groups in total. The molecule has 0 radical (unpaired) electrons. The number of nitrogens with zero attached hydrogens (tertiary/aromatic N) is 4. The van der Waals surface area contributed by atoms with Gasteiger partial charge in [0, 0.05) is 25.3 Å². The standard InChI is InChI=1S/C12H20F3N5/c1-2-19(9-12(13,14)15)5-6-20-8-11(17-18-20)7-16-10-3-4-10/h8,10,16H,2-7,9H2,1H3. The van der Waals surface area contributed by atoms with Crippen LogP contribution in [0.25, 0.3) is 0 Å². The zero-order valence-electron chi connectivity index (χ0n) is 11.5. The first-order chi connectivity index (χ1) is 9.46. The van der Waals surface area contributed by atoms with Crippen molar-refractivity contribution in [3.63, 3.8) is 0 Å². The van der Waals surface area contributed by atoms with Crippen molar-refractivity contribution in [2.45, 2.75) is 45.1 Å². The molecular weight excluding hydrogens is 271 g/mol. The number of likely N-dealkylation sites (N-methyl/N-ethyl adjacent to an activating group) is 1. The molecule has 2 rings (SSSR count). The molecule has 0 bridgehead atoms. The van der Waals surface area contributed by atoms with E-state index in [4.69, 9.17) is 0 Å². The molecule has 0 aliphatic heterocycles. The van der Waals surface area contributed by atoms with Gasteiger partial charge < -0.3 is 5.32 Å². The second-order valence-corrected chi connectivity index (χ2v) is 5.11. The van der Waals surface area contributed by atoms with Gasteiger partial charge in [-0.3, -0.25) is 9.58 Å². The normalized spacial score (nSPS) is 16.1. The van der Waals surface area contributed by atoms with E-state index in [9.17, 15) is 13.2 Å². The van der Waals surface area contributed by atoms with Gasteiger partial charge in [-0.15, -0.1) is 5.10 Å². The van der Waals surface area contributed by atoms with Gasteiger partial charge in [0.15, 0.2) is 0 Å². The molecule has 1 aliphatic carbocycles. The average molecular weight is 291 g/mol. The number of rotatable bonds is 8. The van der Waals surface area contributed by atoms with Gasteiger partial charge in [-0.2, -0.15) is 13.2 Å². The van der Waals surface area contributed by atoms with Crippen LogP contribution in [-0.4, -0.2) is 51.7 Å². The van der Waals surface area contributed by atoms with Crippen LogP contribution in [0.1, 0.15) is 25.5 Å². The summed E-state index contributed by atoms with van der Waals surface area (Å²) in [6.07, 6.45) is 0.0443. The summed E-state index contributed by atoms with van der Waals surface area (Å²) < 4.78 is 38.6. The second-order valence-electron chi connectivity index (χ2n) is 5.11. The number of hydrogen-bond acceptors (Lipinski definition) is 4. The fraction of sp³-hybridized carbons (Fsp3) is 0.833. The Morgan fingerprint density at radius 2 is 2.20 bits per heavy atom. The van der Waals surface area contributed by atoms with Gasteiger partial charge in [-0.25, -0.2) is 0 Å². The molecule has 1 aromatic rings. The monoisotopic (exact) mass is 291 g/mol. The Morgan fingerprint density at radius 3 is 2.80 bits per heavy atom. The molecule has 114 valence electrons. The van der Waals surface area contributed by atoms with Crippen LogP contribution >= 0.6 is 0 Å². The Morgan fingerprint density at radius 1 is 1.45 bits per heavy atom. The third kappa shape index (κ3) is 5.46. The topological polar surface area (TPSA) is 46.0 Å². The molecule has 1 heterocycles. The lowest BCUT2D eigenvalue weighted by molar-refractivity contribution is -0.145. The van der Waals surface area contributed by atoms with E-state index in [1.807, 2.05) is 0 Å². The number of aromatic nitrogens is 3. The highest BCUT2D eigenvalue weighted by Gasteiger charge is 2.29. The Bertz CT molecular complexity index is 413. The van der Waals surface area contributed by atoms with Gasteiger partial charge in [0.25, 0.3) is 0 Å². The lowest BCUT2D eigenvalue weighted by Gasteiger charge is -2.21. The summed E-state index contributed by atoms with van der Waals surface area (Å²) >= 11 is 0. The van der Waals surface area contributed by atoms with Crippen molar-refractivity contribution in [2.24, 2.45) is 0 Å². The summed E-state index contributed by atoms with van der Waals surface area (Å²) in [7, 11) is 0. The SMILES string of the molecule is CCN(CCn1cc(CNC2CC2)nn1)CC(F)(F)F. The van der Waals surface area contributed by atoms with E-state index in [1.165, 1.54) is 17.7 Å². The van der Waals surface area contributed by atoms with Crippen LogP contribution in [0.15, 0.2) is 6.20 Å². The summed E-state index contributed by atoms with van der Waals surface area (Å²) in [5.74, 6) is 0. The van der Waals surface area contributed by atoms with E-state index in [-0.39, 0.29) is 0 Å². The van der Waals surface area contributed by atoms with Crippen LogP contribution in [0.3, 0.4) is 0 Å². The molecule has 0 aromatic carbocycles. The summed E-state index contributed by atoms with van der Waals surface area (Å²) in [4.78, 5) is 1.35. The quantitative estimate of drug-likeness (QED) is 0.787. The van der Waals surface area contributed by atoms with E-state index in [0.717, 1.165) is 5.69 Å². The van der Waals surface area contributed by atoms with Crippen LogP contribution < -0.4 is 5.32 Å². The Kier molecular flexibility index (Phi) is 4.98. The van der Waals surface area contributed by atoms with Crippen LogP contribution in [0, 0.1) is 0 Å². The van der Waals surface area contributed by atoms with Gasteiger partial charge in [0.2, 0.25) is 0 Å². The van der Waals surface area contributed by atoms with Crippen molar-refractivity contribution in [2.75, 3.05) is 19.6 Å². The Hall–Kier alpha value is -1.15. The van der Waals surface area contributed by atoms with Crippen LogP contribution in [0.4, 0.5) is 13.2 Å². The molecule has 0 amide bonds. The first-order valence-electron chi connectivity index (χ1n) is 6.88. The van der Waals surface area contributed by atoms with Gasteiger partial charge in [-0.1, -0.05) is 12.1 Å². The number of nitrogens with one attached hydrogen (secondary N) is 1. The van der Waals surface area contributed by atoms with Crippen LogP contribution in [0.2, 0.25) is 0 Å². The van der Waals surface area contributed by atoms with E-state index in [2.05, 4.69) is 15.6 Å². The van der Waals surface area contributed by atoms with Crippen LogP contribution in [0.5, 0.6) is 0 Å². The maximum absolute atomic E-state index is 12.3. The second kappa shape index (κ2) is 6.53. The molecule has 1 saturated carbocycles. The van der Waals surface area contributed by atoms with Gasteiger partial charge in [0.05, 0.1) is 18.8 Å². The number of halogens is 3. The minimum Gasteiger partial charge on any atom is -0.308 e. The van der Waals surface area contributed by atoms with Crippen molar-refractivity contribution >= 4 is 0 Å². The molecule has 0 unspecified atom stereocenters. The average Bonchev–Trinajstić information content (AvgIpc) is 3.09. The Balaban J connectivity index is 1.74. The maximum atomic E-state index is 12.3. The molecule has 5 nitrogen and oxygen atoms in total. The van der Waals surface area contributed by atoms with E-state index >= 15 is 0 Å². The first kappa shape index (κ1) is 15.2. The highest BCUT2D eigenvalue weighted by atomic mass is 19.4. The molecular formula is C12H20F3N5. The maximum Gasteiger partial charge on any atom is 0.401 e. The molecule has 20 heavy (non-hydrogen) atoms. The zero-order valence-corrected chi connectivity index (χ0v) is 11.5. The summed E-state index contributed by atoms with van der Waals surface area (Å²) in [5.41, 5.74) is 0.829. The number of alkyl halides is 3. The van der Waals surface area contributed by atoms with E-state index in [1.54, 1.807) is 17.8 Å². The summed E-state index contributed by atoms with van der Waals surface area (Å²) in [6.45, 7) is 2.61. The molecule has 0 atom stereocenters. The Labute approximate surface area is 116 Å². The molecule has 1 aromatic heterocycles. The third-order valence-electron chi connectivity index (χ3n) is 3.23. The predicted molar refractivity (Wildman–Crippen MR) is 68.1 cm³/mol. The zero-order chi connectivity index (χ0) is 14.6. The van der Waals surface area contributed by atoms with Crippen molar-refractivity contribution in [1.82, 2.24) is 25.2 Å². The molecule has 1 aliphatic rings. The van der Waals surface area contributed by atoms with Gasteiger partial charge in [0.1, 0.15) is 0 Å². The lowest BCUT2D eigenvalue weighted by Crippen LogP contribution is -2.36. The minimum atomic E-state index is -4.16. The summed E-state index contributed by atoms with van der Waals surface area (Å²) in [6, 6.07) is 0.600. The smallest absolute Gasteiger partial charge is 0.308 e. The fourth-order valence-electron chi connectivity index (χ4n) is 1.91. The van der Waals surface area contributed by atoms with Crippen molar-refractivity contribution in [3.05, 3.63) is 11.9 Å². The highest BCUT2D eigenvalue weighted by Crippen LogP contribution is 2.19. The van der Waals surface area contributed by atoms with Crippen molar-refractivity contribution in [1.29, 1.82) is 0 Å². The minimum absolute atomic E-state index is 0.314. The fourth-order valence-corrected chi connectivity index (χ4v) is 1.91. The van der Waals surface area contributed by atoms with Crippen molar-refractivity contribution < 1.29 is 13.2 Å². The van der Waals surface area contributed by atoms with Crippen molar-refractivity contribution in [3.8, 4) is 0 Å². The highest BCUT2D eigenvalue weighted by molar-refractivity contribution is 4.94. The molecule has 8 heteroatoms. The first-order valence-corrected chi connectivity index (χ1v) is 6.88. The third-order valence-corrected chi connectivity index (χ3v) is 3.23. The van der Waals surface area contributed by atoms with E-state index < -0.39 is 12.7 Å². The van der Waals surface area contributed by atoms with Gasteiger partial charge in [-0.05, 0) is 19.4 Å². The number of hydrogen-bond donors (Lipinski definition) is 1. The molecule has 0 saturated heterocycles. The predicted octanol–water partition coefficient (Wildman–Crippen LogP) is 1.41. The largest absolute Gasteiger partial charge is 0.401 e. The molecule has 0 spiro atoms.